The number of aromatic nitrogens is 1. The minimum absolute atomic E-state index is 0.0605. The summed E-state index contributed by atoms with van der Waals surface area (Å²) in [6, 6.07) is 6.82. The predicted molar refractivity (Wildman–Crippen MR) is 92.8 cm³/mol. The average molecular weight is 381 g/mol. The Kier molecular flexibility index (Phi) is 4.61. The van der Waals surface area contributed by atoms with Crippen LogP contribution in [0.1, 0.15) is 22.8 Å². The van der Waals surface area contributed by atoms with E-state index in [0.717, 1.165) is 11.3 Å². The molecule has 0 spiro atoms. The molecule has 25 heavy (non-hydrogen) atoms. The molecule has 7 nitrogen and oxygen atoms in total. The number of thioether (sulfide) groups is 1. The van der Waals surface area contributed by atoms with Crippen molar-refractivity contribution < 1.29 is 24.5 Å². The molecule has 2 atom stereocenters. The van der Waals surface area contributed by atoms with E-state index in [9.17, 15) is 24.6 Å². The van der Waals surface area contributed by atoms with Crippen molar-refractivity contribution in [1.29, 1.82) is 0 Å². The molecular weight excluding hydrogens is 366 g/mol. The third-order valence-electron chi connectivity index (χ3n) is 4.27. The van der Waals surface area contributed by atoms with Crippen LogP contribution in [-0.2, 0) is 9.59 Å². The largest absolute Gasteiger partial charge is 0.497 e. The molecule has 0 aliphatic carbocycles. The number of ether oxygens (including phenoxy) is 1. The molecule has 3 rings (SSSR count). The fourth-order valence-corrected chi connectivity index (χ4v) is 5.67. The first kappa shape index (κ1) is 17.6. The Labute approximate surface area is 150 Å². The maximum absolute atomic E-state index is 12.2. The number of carboxylic acid groups (broad SMARTS) is 2. The van der Waals surface area contributed by atoms with Crippen molar-refractivity contribution in [3.05, 3.63) is 44.4 Å². The average Bonchev–Trinajstić information content (AvgIpc) is 2.94. The maximum Gasteiger partial charge on any atom is 0.312 e. The Bertz CT molecular complexity index is 871. The number of benzene rings is 1. The van der Waals surface area contributed by atoms with Gasteiger partial charge in [-0.3, -0.25) is 14.4 Å². The van der Waals surface area contributed by atoms with Crippen LogP contribution in [0.4, 0.5) is 0 Å². The van der Waals surface area contributed by atoms with Gasteiger partial charge < -0.3 is 19.9 Å². The van der Waals surface area contributed by atoms with Crippen LogP contribution in [0.3, 0.4) is 0 Å². The molecule has 0 radical (unpaired) electrons. The first-order valence-electron chi connectivity index (χ1n) is 7.32. The van der Waals surface area contributed by atoms with Gasteiger partial charge >= 0.3 is 16.8 Å². The Morgan fingerprint density at radius 3 is 2.56 bits per heavy atom. The minimum Gasteiger partial charge on any atom is -0.497 e. The predicted octanol–water partition coefficient (Wildman–Crippen LogP) is 2.23. The van der Waals surface area contributed by atoms with Crippen LogP contribution in [0.15, 0.2) is 34.1 Å². The van der Waals surface area contributed by atoms with Crippen molar-refractivity contribution in [2.75, 3.05) is 12.9 Å². The molecule has 3 N–H and O–H groups in total. The van der Waals surface area contributed by atoms with E-state index in [0.29, 0.717) is 21.2 Å². The van der Waals surface area contributed by atoms with E-state index in [1.807, 2.05) is 0 Å². The minimum atomic E-state index is -1.54. The second kappa shape index (κ2) is 6.57. The van der Waals surface area contributed by atoms with E-state index in [4.69, 9.17) is 4.74 Å². The zero-order valence-electron chi connectivity index (χ0n) is 13.1. The highest BCUT2D eigenvalue weighted by molar-refractivity contribution is 7.99. The quantitative estimate of drug-likeness (QED) is 0.727. The van der Waals surface area contributed by atoms with Crippen LogP contribution in [0.2, 0.25) is 0 Å². The molecule has 1 aliphatic rings. The number of rotatable bonds is 5. The number of nitrogens with one attached hydrogen (secondary N) is 1. The van der Waals surface area contributed by atoms with Gasteiger partial charge in [0, 0.05) is 16.5 Å². The Morgan fingerprint density at radius 2 is 2.00 bits per heavy atom. The first-order valence-corrected chi connectivity index (χ1v) is 9.12. The van der Waals surface area contributed by atoms with Gasteiger partial charge in [-0.25, -0.2) is 0 Å². The number of thiazole rings is 1. The van der Waals surface area contributed by atoms with Crippen molar-refractivity contribution in [2.45, 2.75) is 17.4 Å². The van der Waals surface area contributed by atoms with Crippen molar-refractivity contribution in [2.24, 2.45) is 5.41 Å². The highest BCUT2D eigenvalue weighted by Gasteiger charge is 2.53. The van der Waals surface area contributed by atoms with Gasteiger partial charge in [0.25, 0.3) is 0 Å². The van der Waals surface area contributed by atoms with Gasteiger partial charge in [0.1, 0.15) is 5.75 Å². The van der Waals surface area contributed by atoms with Crippen LogP contribution < -0.4 is 9.61 Å². The fraction of sp³-hybridized carbons (Fsp3) is 0.312. The van der Waals surface area contributed by atoms with Gasteiger partial charge in [0.05, 0.1) is 24.0 Å². The Balaban J connectivity index is 2.21. The maximum atomic E-state index is 12.2. The summed E-state index contributed by atoms with van der Waals surface area (Å²) >= 11 is 2.11. The van der Waals surface area contributed by atoms with Crippen molar-refractivity contribution >= 4 is 35.0 Å². The summed E-state index contributed by atoms with van der Waals surface area (Å²) < 4.78 is 5.13. The lowest BCUT2D eigenvalue weighted by molar-refractivity contribution is -0.155. The summed E-state index contributed by atoms with van der Waals surface area (Å²) in [6.45, 7) is 0. The third-order valence-corrected chi connectivity index (χ3v) is 6.62. The number of aliphatic carboxylic acids is 2. The molecule has 1 aromatic carbocycles. The van der Waals surface area contributed by atoms with Crippen LogP contribution in [-0.4, -0.2) is 40.0 Å². The molecule has 0 fully saturated rings. The van der Waals surface area contributed by atoms with E-state index >= 15 is 0 Å². The van der Waals surface area contributed by atoms with Gasteiger partial charge in [0.15, 0.2) is 0 Å². The van der Waals surface area contributed by atoms with E-state index in [1.165, 1.54) is 18.9 Å². The number of H-pyrrole nitrogens is 1. The molecule has 9 heteroatoms. The third kappa shape index (κ3) is 3.05. The normalized spacial score (nSPS) is 22.2. The standard InChI is InChI=1S/C16H15NO6S2/c1-23-9-4-2-8(3-5-9)11-12-13(17-15(22)25-12)24-7-16(11,14(20)21)6-10(18)19/h2-5,11H,6-7H2,1H3,(H,17,22)(H,18,19)(H,20,21)/t11-,16+/m0/s1. The van der Waals surface area contributed by atoms with Gasteiger partial charge in [-0.15, -0.1) is 11.8 Å². The molecular formula is C16H15NO6S2. The fourth-order valence-electron chi connectivity index (χ4n) is 3.11. The number of hydrogen-bond donors (Lipinski definition) is 3. The number of fused-ring (bicyclic) bond motifs is 1. The lowest BCUT2D eigenvalue weighted by Crippen LogP contribution is -2.43. The molecule has 2 aromatic rings. The van der Waals surface area contributed by atoms with Crippen LogP contribution in [0, 0.1) is 5.41 Å². The lowest BCUT2D eigenvalue weighted by atomic mass is 9.70. The summed E-state index contributed by atoms with van der Waals surface area (Å²) in [6.07, 6.45) is -0.530. The number of hydrogen-bond acceptors (Lipinski definition) is 6. The SMILES string of the molecule is COc1ccc([C@H]2c3sc(=O)[nH]c3SC[C@@]2(CC(=O)O)C(=O)O)cc1. The van der Waals surface area contributed by atoms with E-state index < -0.39 is 29.7 Å². The molecule has 1 aliphatic heterocycles. The number of carbonyl (C=O) groups is 2. The number of aromatic amines is 1. The molecule has 0 amide bonds. The first-order chi connectivity index (χ1) is 11.9. The van der Waals surface area contributed by atoms with Crippen LogP contribution >= 0.6 is 23.1 Å². The summed E-state index contributed by atoms with van der Waals surface area (Å²) in [5.74, 6) is -2.43. The summed E-state index contributed by atoms with van der Waals surface area (Å²) in [5, 5.41) is 19.8. The Hall–Kier alpha value is -2.26. The highest BCUT2D eigenvalue weighted by atomic mass is 32.2. The second-order valence-corrected chi connectivity index (χ2v) is 7.73. The summed E-state index contributed by atoms with van der Waals surface area (Å²) in [5.41, 5.74) is -0.898. The van der Waals surface area contributed by atoms with Gasteiger partial charge in [-0.2, -0.15) is 0 Å². The topological polar surface area (TPSA) is 117 Å². The smallest absolute Gasteiger partial charge is 0.312 e. The second-order valence-electron chi connectivity index (χ2n) is 5.73. The Morgan fingerprint density at radius 1 is 1.32 bits per heavy atom. The van der Waals surface area contributed by atoms with Crippen LogP contribution in [0.5, 0.6) is 5.75 Å². The van der Waals surface area contributed by atoms with Crippen molar-refractivity contribution in [3.63, 3.8) is 0 Å². The zero-order chi connectivity index (χ0) is 18.2. The van der Waals surface area contributed by atoms with E-state index in [2.05, 4.69) is 4.98 Å². The molecule has 2 heterocycles. The summed E-state index contributed by atoms with van der Waals surface area (Å²) in [7, 11) is 1.52. The molecule has 0 saturated carbocycles. The molecule has 0 unspecified atom stereocenters. The molecule has 132 valence electrons. The van der Waals surface area contributed by atoms with Gasteiger partial charge in [-0.05, 0) is 17.7 Å². The monoisotopic (exact) mass is 381 g/mol. The molecule has 0 saturated heterocycles. The zero-order valence-corrected chi connectivity index (χ0v) is 14.8. The van der Waals surface area contributed by atoms with E-state index in [1.54, 1.807) is 24.3 Å². The molecule has 0 bridgehead atoms. The van der Waals surface area contributed by atoms with Gasteiger partial charge in [0.2, 0.25) is 0 Å². The van der Waals surface area contributed by atoms with Gasteiger partial charge in [-0.1, -0.05) is 23.5 Å². The van der Waals surface area contributed by atoms with E-state index in [-0.39, 0.29) is 10.6 Å². The molecule has 1 aromatic heterocycles. The highest BCUT2D eigenvalue weighted by Crippen LogP contribution is 2.54. The summed E-state index contributed by atoms with van der Waals surface area (Å²) in [4.78, 5) is 38.4. The van der Waals surface area contributed by atoms with Crippen molar-refractivity contribution in [3.8, 4) is 5.75 Å². The number of methoxy groups -OCH3 is 1. The lowest BCUT2D eigenvalue weighted by Gasteiger charge is -2.39. The van der Waals surface area contributed by atoms with Crippen LogP contribution in [0.25, 0.3) is 0 Å². The number of carboxylic acids is 2. The van der Waals surface area contributed by atoms with Crippen molar-refractivity contribution in [1.82, 2.24) is 4.98 Å².